The zero-order chi connectivity index (χ0) is 51.1. The number of ether oxygens (including phenoxy) is 2. The molecule has 4 aliphatic rings. The average Bonchev–Trinajstić information content (AvgIpc) is 4.00. The molecule has 6 atom stereocenters. The molecule has 6 aromatic rings. The van der Waals surface area contributed by atoms with Crippen LogP contribution in [0.5, 0.6) is 11.5 Å². The van der Waals surface area contributed by atoms with Gasteiger partial charge in [0.25, 0.3) is 11.8 Å². The van der Waals surface area contributed by atoms with Crippen LogP contribution in [0.25, 0.3) is 23.5 Å². The van der Waals surface area contributed by atoms with Crippen molar-refractivity contribution >= 4 is 24.0 Å². The minimum Gasteiger partial charge on any atom is -0.495 e. The minimum atomic E-state index is -1.56. The summed E-state index contributed by atoms with van der Waals surface area (Å²) < 4.78 is 98.0. The number of hydrogen-bond acceptors (Lipinski definition) is 8. The molecule has 4 saturated heterocycles. The van der Waals surface area contributed by atoms with Crippen molar-refractivity contribution in [2.45, 2.75) is 102 Å². The average molecular weight is 995 g/mol. The van der Waals surface area contributed by atoms with E-state index in [1.165, 1.54) is 0 Å². The summed E-state index contributed by atoms with van der Waals surface area (Å²) in [5.41, 5.74) is 6.23. The Bertz CT molecular complexity index is 2870. The maximum Gasteiger partial charge on any atom is 0.250 e. The summed E-state index contributed by atoms with van der Waals surface area (Å²) in [6.45, 7) is 3.79. The number of aliphatic hydroxyl groups excluding tert-OH is 2. The van der Waals surface area contributed by atoms with Gasteiger partial charge in [-0.3, -0.25) is 9.59 Å². The number of benzene rings is 4. The fourth-order valence-electron chi connectivity index (χ4n) is 10.5. The van der Waals surface area contributed by atoms with Crippen molar-refractivity contribution < 1.29 is 55.6 Å². The number of rotatable bonds is 8. The quantitative estimate of drug-likeness (QED) is 0.0875. The van der Waals surface area contributed by atoms with E-state index < -0.39 is 59.2 Å². The molecular weight excluding hydrogens is 943 g/mol. The standard InChI is InChI=1S/2C27H26F3N3O3/c2*1-15-13-32(14-31-15)23-6-3-16(8-25(23)36-2)7-17-4-5-19-11-20(34)12-24(33(19)27(17)35)18-9-21(28)26(30)22(29)10-18/h2*3,6-10,13-14,19-20,24,34H,4-5,11-12H2,1-2H3/b2*17-7+/t2*19-,20-,24+/m10/s1. The maximum absolute atomic E-state index is 14.0. The highest BCUT2D eigenvalue weighted by atomic mass is 19.2. The van der Waals surface area contributed by atoms with Crippen LogP contribution >= 0.6 is 0 Å². The summed E-state index contributed by atoms with van der Waals surface area (Å²) >= 11 is 0. The monoisotopic (exact) mass is 994 g/mol. The van der Waals surface area contributed by atoms with E-state index in [0.717, 1.165) is 58.2 Å². The topological polar surface area (TPSA) is 135 Å². The van der Waals surface area contributed by atoms with Crippen molar-refractivity contribution in [2.75, 3.05) is 14.2 Å². The van der Waals surface area contributed by atoms with Gasteiger partial charge in [-0.15, -0.1) is 0 Å². The predicted molar refractivity (Wildman–Crippen MR) is 254 cm³/mol. The smallest absolute Gasteiger partial charge is 0.250 e. The van der Waals surface area contributed by atoms with Gasteiger partial charge in [-0.2, -0.15) is 0 Å². The fourth-order valence-corrected chi connectivity index (χ4v) is 10.5. The van der Waals surface area contributed by atoms with Crippen LogP contribution in [0.3, 0.4) is 0 Å². The Kier molecular flexibility index (Phi) is 14.2. The summed E-state index contributed by atoms with van der Waals surface area (Å²) in [6, 6.07) is 12.7. The van der Waals surface area contributed by atoms with E-state index in [0.29, 0.717) is 61.2 Å². The zero-order valence-electron chi connectivity index (χ0n) is 39.8. The molecule has 376 valence electrons. The fraction of sp³-hybridized carbons (Fsp3) is 0.333. The highest BCUT2D eigenvalue weighted by Gasteiger charge is 2.44. The number of fused-ring (bicyclic) bond motifs is 2. The first-order valence-corrected chi connectivity index (χ1v) is 23.6. The highest BCUT2D eigenvalue weighted by Crippen LogP contribution is 2.44. The number of aliphatic hydroxyl groups is 2. The van der Waals surface area contributed by atoms with Gasteiger partial charge >= 0.3 is 0 Å². The lowest BCUT2D eigenvalue weighted by Crippen LogP contribution is -2.52. The molecule has 12 nitrogen and oxygen atoms in total. The number of aromatic nitrogens is 4. The van der Waals surface area contributed by atoms with Gasteiger partial charge in [0.15, 0.2) is 34.9 Å². The molecule has 2 aromatic heterocycles. The number of hydrogen-bond donors (Lipinski definition) is 2. The van der Waals surface area contributed by atoms with Gasteiger partial charge in [0.1, 0.15) is 11.5 Å². The first kappa shape index (κ1) is 49.8. The number of aryl methyl sites for hydroxylation is 2. The van der Waals surface area contributed by atoms with Gasteiger partial charge < -0.3 is 38.6 Å². The molecule has 0 saturated carbocycles. The van der Waals surface area contributed by atoms with Crippen LogP contribution in [-0.2, 0) is 9.59 Å². The van der Waals surface area contributed by atoms with Crippen LogP contribution in [0.1, 0.15) is 97.1 Å². The normalized spacial score (nSPS) is 23.2. The van der Waals surface area contributed by atoms with Gasteiger partial charge in [0, 0.05) is 35.6 Å². The molecule has 0 bridgehead atoms. The number of piperidine rings is 4. The van der Waals surface area contributed by atoms with Crippen molar-refractivity contribution in [1.29, 1.82) is 0 Å². The largest absolute Gasteiger partial charge is 0.495 e. The Balaban J connectivity index is 0.000000178. The van der Waals surface area contributed by atoms with Crippen molar-refractivity contribution in [3.8, 4) is 22.9 Å². The summed E-state index contributed by atoms with van der Waals surface area (Å²) in [5, 5.41) is 20.8. The van der Waals surface area contributed by atoms with E-state index in [2.05, 4.69) is 9.97 Å². The van der Waals surface area contributed by atoms with Gasteiger partial charge in [-0.25, -0.2) is 36.3 Å². The Hall–Kier alpha value is -7.18. The molecule has 0 radical (unpaired) electrons. The maximum atomic E-state index is 14.0. The third-order valence-electron chi connectivity index (χ3n) is 13.9. The van der Waals surface area contributed by atoms with Crippen molar-refractivity contribution in [2.24, 2.45) is 0 Å². The molecule has 18 heteroatoms. The number of nitrogens with zero attached hydrogens (tertiary/aromatic N) is 6. The Morgan fingerprint density at radius 1 is 0.569 bits per heavy atom. The van der Waals surface area contributed by atoms with E-state index >= 15 is 0 Å². The Labute approximate surface area is 411 Å². The molecule has 4 fully saturated rings. The molecule has 4 aliphatic heterocycles. The number of amides is 2. The molecule has 2 amide bonds. The summed E-state index contributed by atoms with van der Waals surface area (Å²) in [4.78, 5) is 38.9. The first-order chi connectivity index (χ1) is 34.5. The second kappa shape index (κ2) is 20.5. The second-order valence-corrected chi connectivity index (χ2v) is 18.7. The number of methoxy groups -OCH3 is 2. The van der Waals surface area contributed by atoms with Crippen LogP contribution in [0.2, 0.25) is 0 Å². The van der Waals surface area contributed by atoms with E-state index in [1.807, 2.05) is 71.8 Å². The van der Waals surface area contributed by atoms with Crippen molar-refractivity contribution in [3.63, 3.8) is 0 Å². The Morgan fingerprint density at radius 3 is 1.28 bits per heavy atom. The van der Waals surface area contributed by atoms with Crippen LogP contribution in [-0.4, -0.2) is 89.4 Å². The number of carbonyl (C=O) groups excluding carboxylic acids is 2. The molecule has 0 spiro atoms. The second-order valence-electron chi connectivity index (χ2n) is 18.7. The van der Waals surface area contributed by atoms with Crippen molar-refractivity contribution in [3.05, 3.63) is 165 Å². The third kappa shape index (κ3) is 10.0. The van der Waals surface area contributed by atoms with E-state index in [9.17, 15) is 46.1 Å². The number of imidazole rings is 2. The number of carbonyl (C=O) groups is 2. The molecule has 2 N–H and O–H groups in total. The SMILES string of the molecule is COc1cc(/C=C2\CC[C@@H]3C[C@@H](O)C[C@@H](c4cc(F)c(F)c(F)c4)N3C2=O)ccc1-n1cnc(C)c1.COc1cc(/C=C2\CC[C@H]3C[C@H](O)C[C@H](c4cc(F)c(F)c(F)c4)N3C2=O)ccc1-n1cnc(C)c1. The predicted octanol–water partition coefficient (Wildman–Crippen LogP) is 9.75. The molecular formula is C54H52F6N6O6. The molecule has 4 aromatic carbocycles. The van der Waals surface area contributed by atoms with Crippen LogP contribution < -0.4 is 9.47 Å². The third-order valence-corrected chi connectivity index (χ3v) is 13.9. The van der Waals surface area contributed by atoms with E-state index in [-0.39, 0.29) is 47.9 Å². The summed E-state index contributed by atoms with van der Waals surface area (Å²) in [5.74, 6) is -7.68. The minimum absolute atomic E-state index is 0.118. The van der Waals surface area contributed by atoms with Gasteiger partial charge in [-0.05, 0) is 148 Å². The highest BCUT2D eigenvalue weighted by molar-refractivity contribution is 6.00. The summed E-state index contributed by atoms with van der Waals surface area (Å²) in [6.07, 6.45) is 12.5. The lowest BCUT2D eigenvalue weighted by molar-refractivity contribution is -0.140. The van der Waals surface area contributed by atoms with Crippen molar-refractivity contribution in [1.82, 2.24) is 28.9 Å². The molecule has 10 rings (SSSR count). The lowest BCUT2D eigenvalue weighted by atomic mass is 9.82. The Morgan fingerprint density at radius 2 is 0.944 bits per heavy atom. The lowest BCUT2D eigenvalue weighted by Gasteiger charge is -2.47. The van der Waals surface area contributed by atoms with Gasteiger partial charge in [0.05, 0.1) is 73.9 Å². The van der Waals surface area contributed by atoms with E-state index in [1.54, 1.807) is 48.8 Å². The molecule has 6 heterocycles. The van der Waals surface area contributed by atoms with Crippen LogP contribution in [0.15, 0.2) is 96.9 Å². The molecule has 0 unspecified atom stereocenters. The zero-order valence-corrected chi connectivity index (χ0v) is 39.8. The van der Waals surface area contributed by atoms with E-state index in [4.69, 9.17) is 9.47 Å². The van der Waals surface area contributed by atoms with Gasteiger partial charge in [-0.1, -0.05) is 12.1 Å². The summed E-state index contributed by atoms with van der Waals surface area (Å²) in [7, 11) is 3.14. The van der Waals surface area contributed by atoms with Gasteiger partial charge in [0.2, 0.25) is 0 Å². The first-order valence-electron chi connectivity index (χ1n) is 23.6. The number of halogens is 6. The van der Waals surface area contributed by atoms with Crippen LogP contribution in [0, 0.1) is 48.8 Å². The molecule has 72 heavy (non-hydrogen) atoms. The van der Waals surface area contributed by atoms with Crippen LogP contribution in [0.4, 0.5) is 26.3 Å². The molecule has 0 aliphatic carbocycles.